The smallest absolute Gasteiger partial charge is 0.223 e. The topological polar surface area (TPSA) is 87.7 Å². The molecule has 21 heavy (non-hydrogen) atoms. The molecular formula is C15H24N2O4. The number of aliphatic hydroxyl groups is 1. The van der Waals surface area contributed by atoms with Gasteiger partial charge in [-0.2, -0.15) is 0 Å². The number of hydrogen-bond donors (Lipinski definition) is 3. The van der Waals surface area contributed by atoms with Gasteiger partial charge >= 0.3 is 0 Å². The second kappa shape index (κ2) is 7.56. The Hall–Kier alpha value is -1.40. The van der Waals surface area contributed by atoms with Crippen LogP contribution < -0.4 is 10.6 Å². The van der Waals surface area contributed by atoms with Crippen molar-refractivity contribution >= 4 is 11.8 Å². The standard InChI is InChI=1S/C15H24N2O4/c1-2-16-14(19)8-11-6-7-12(13(9-18)21-11)17-15(20)10-4-3-5-10/h6-7,10-13,18H,2-5,8-9H2,1H3,(H,16,19)(H,17,20)/t11-,12-,13+/m1/s1. The number of carbonyl (C=O) groups is 2. The van der Waals surface area contributed by atoms with Crippen molar-refractivity contribution in [2.24, 2.45) is 5.92 Å². The molecule has 0 aromatic heterocycles. The van der Waals surface area contributed by atoms with E-state index < -0.39 is 6.10 Å². The van der Waals surface area contributed by atoms with E-state index in [1.54, 1.807) is 6.08 Å². The molecule has 3 N–H and O–H groups in total. The summed E-state index contributed by atoms with van der Waals surface area (Å²) in [4.78, 5) is 23.5. The normalized spacial score (nSPS) is 28.8. The maximum atomic E-state index is 12.0. The van der Waals surface area contributed by atoms with Crippen LogP contribution in [0.1, 0.15) is 32.6 Å². The highest BCUT2D eigenvalue weighted by Gasteiger charge is 2.32. The Morgan fingerprint density at radius 2 is 2.10 bits per heavy atom. The molecule has 0 bridgehead atoms. The van der Waals surface area contributed by atoms with Crippen molar-refractivity contribution in [3.63, 3.8) is 0 Å². The first-order valence-corrected chi connectivity index (χ1v) is 7.65. The zero-order valence-electron chi connectivity index (χ0n) is 12.4. The fourth-order valence-electron chi connectivity index (χ4n) is 2.54. The van der Waals surface area contributed by atoms with Crippen LogP contribution in [0.2, 0.25) is 0 Å². The summed E-state index contributed by atoms with van der Waals surface area (Å²) >= 11 is 0. The van der Waals surface area contributed by atoms with E-state index in [0.29, 0.717) is 6.54 Å². The van der Waals surface area contributed by atoms with Crippen LogP contribution in [0.5, 0.6) is 0 Å². The average molecular weight is 296 g/mol. The number of nitrogens with one attached hydrogen (secondary N) is 2. The molecule has 1 aliphatic carbocycles. The van der Waals surface area contributed by atoms with Crippen LogP contribution in [0.15, 0.2) is 12.2 Å². The van der Waals surface area contributed by atoms with Gasteiger partial charge in [-0.1, -0.05) is 18.6 Å². The molecule has 0 unspecified atom stereocenters. The third-order valence-electron chi connectivity index (χ3n) is 4.01. The highest BCUT2D eigenvalue weighted by Crippen LogP contribution is 2.27. The zero-order chi connectivity index (χ0) is 15.2. The SMILES string of the molecule is CCNC(=O)C[C@H]1C=C[C@@H](NC(=O)C2CCC2)[C@H](CO)O1. The predicted molar refractivity (Wildman–Crippen MR) is 77.5 cm³/mol. The van der Waals surface area contributed by atoms with Crippen molar-refractivity contribution in [1.82, 2.24) is 10.6 Å². The first-order chi connectivity index (χ1) is 10.1. The van der Waals surface area contributed by atoms with Gasteiger partial charge in [-0.25, -0.2) is 0 Å². The molecule has 0 aromatic carbocycles. The summed E-state index contributed by atoms with van der Waals surface area (Å²) in [5, 5.41) is 15.1. The van der Waals surface area contributed by atoms with E-state index in [1.165, 1.54) is 0 Å². The average Bonchev–Trinajstić information content (AvgIpc) is 2.38. The van der Waals surface area contributed by atoms with Gasteiger partial charge in [0.15, 0.2) is 0 Å². The maximum absolute atomic E-state index is 12.0. The molecule has 3 atom stereocenters. The second-order valence-corrected chi connectivity index (χ2v) is 5.60. The van der Waals surface area contributed by atoms with Gasteiger partial charge in [-0.15, -0.1) is 0 Å². The van der Waals surface area contributed by atoms with Crippen molar-refractivity contribution in [3.8, 4) is 0 Å². The fraction of sp³-hybridized carbons (Fsp3) is 0.733. The summed E-state index contributed by atoms with van der Waals surface area (Å²) in [5.74, 6) is 0.0479. The minimum atomic E-state index is -0.501. The summed E-state index contributed by atoms with van der Waals surface area (Å²) < 4.78 is 5.69. The molecule has 1 aliphatic heterocycles. The van der Waals surface area contributed by atoms with E-state index in [1.807, 2.05) is 13.0 Å². The molecule has 0 radical (unpaired) electrons. The van der Waals surface area contributed by atoms with Crippen LogP contribution in [-0.4, -0.2) is 48.3 Å². The number of ether oxygens (including phenoxy) is 1. The molecule has 0 saturated heterocycles. The van der Waals surface area contributed by atoms with Gasteiger partial charge in [0, 0.05) is 12.5 Å². The monoisotopic (exact) mass is 296 g/mol. The molecule has 0 spiro atoms. The number of aliphatic hydroxyl groups excluding tert-OH is 1. The Morgan fingerprint density at radius 1 is 1.33 bits per heavy atom. The van der Waals surface area contributed by atoms with E-state index in [9.17, 15) is 14.7 Å². The van der Waals surface area contributed by atoms with Crippen molar-refractivity contribution < 1.29 is 19.4 Å². The lowest BCUT2D eigenvalue weighted by Gasteiger charge is -2.33. The van der Waals surface area contributed by atoms with Crippen LogP contribution in [0, 0.1) is 5.92 Å². The zero-order valence-corrected chi connectivity index (χ0v) is 12.4. The Morgan fingerprint density at radius 3 is 2.67 bits per heavy atom. The van der Waals surface area contributed by atoms with E-state index >= 15 is 0 Å². The first-order valence-electron chi connectivity index (χ1n) is 7.65. The van der Waals surface area contributed by atoms with Crippen LogP contribution >= 0.6 is 0 Å². The summed E-state index contributed by atoms with van der Waals surface area (Å²) in [5.41, 5.74) is 0. The predicted octanol–water partition coefficient (Wildman–Crippen LogP) is 0.113. The van der Waals surface area contributed by atoms with Gasteiger partial charge in [0.25, 0.3) is 0 Å². The largest absolute Gasteiger partial charge is 0.394 e. The van der Waals surface area contributed by atoms with E-state index in [0.717, 1.165) is 19.3 Å². The molecule has 0 aromatic rings. The van der Waals surface area contributed by atoms with Crippen LogP contribution in [0.4, 0.5) is 0 Å². The fourth-order valence-corrected chi connectivity index (χ4v) is 2.54. The maximum Gasteiger partial charge on any atom is 0.223 e. The lowest BCUT2D eigenvalue weighted by molar-refractivity contribution is -0.131. The van der Waals surface area contributed by atoms with Crippen LogP contribution in [0.25, 0.3) is 0 Å². The summed E-state index contributed by atoms with van der Waals surface area (Å²) in [7, 11) is 0. The molecule has 6 heteroatoms. The number of hydrogen-bond acceptors (Lipinski definition) is 4. The third-order valence-corrected chi connectivity index (χ3v) is 4.01. The quantitative estimate of drug-likeness (QED) is 0.607. The molecular weight excluding hydrogens is 272 g/mol. The minimum absolute atomic E-state index is 0.0279. The number of rotatable bonds is 6. The molecule has 1 heterocycles. The van der Waals surface area contributed by atoms with Crippen LogP contribution in [-0.2, 0) is 14.3 Å². The van der Waals surface area contributed by atoms with E-state index in [2.05, 4.69) is 10.6 Å². The van der Waals surface area contributed by atoms with Crippen molar-refractivity contribution in [2.45, 2.75) is 50.9 Å². The highest BCUT2D eigenvalue weighted by atomic mass is 16.5. The lowest BCUT2D eigenvalue weighted by atomic mass is 9.84. The molecule has 2 rings (SSSR count). The van der Waals surface area contributed by atoms with E-state index in [4.69, 9.17) is 4.74 Å². The van der Waals surface area contributed by atoms with Gasteiger partial charge < -0.3 is 20.5 Å². The van der Waals surface area contributed by atoms with E-state index in [-0.39, 0.29) is 42.9 Å². The number of amides is 2. The Bertz CT molecular complexity index is 406. The summed E-state index contributed by atoms with van der Waals surface area (Å²) in [6, 6.07) is -0.325. The van der Waals surface area contributed by atoms with Crippen molar-refractivity contribution in [2.75, 3.05) is 13.2 Å². The molecule has 2 aliphatic rings. The molecule has 2 amide bonds. The Balaban J connectivity index is 1.88. The van der Waals surface area contributed by atoms with Gasteiger partial charge in [0.2, 0.25) is 11.8 Å². The third kappa shape index (κ3) is 4.28. The second-order valence-electron chi connectivity index (χ2n) is 5.60. The van der Waals surface area contributed by atoms with Gasteiger partial charge in [0.1, 0.15) is 6.10 Å². The first kappa shape index (κ1) is 16.0. The number of carbonyl (C=O) groups excluding carboxylic acids is 2. The summed E-state index contributed by atoms with van der Waals surface area (Å²) in [6.07, 6.45) is 5.96. The lowest BCUT2D eigenvalue weighted by Crippen LogP contribution is -2.51. The highest BCUT2D eigenvalue weighted by molar-refractivity contribution is 5.80. The Kier molecular flexibility index (Phi) is 5.76. The summed E-state index contributed by atoms with van der Waals surface area (Å²) in [6.45, 7) is 2.25. The minimum Gasteiger partial charge on any atom is -0.394 e. The molecule has 1 saturated carbocycles. The van der Waals surface area contributed by atoms with Gasteiger partial charge in [0.05, 0.1) is 25.2 Å². The molecule has 118 valence electrons. The van der Waals surface area contributed by atoms with Crippen molar-refractivity contribution in [3.05, 3.63) is 12.2 Å². The van der Waals surface area contributed by atoms with Gasteiger partial charge in [-0.3, -0.25) is 9.59 Å². The molecule has 6 nitrogen and oxygen atoms in total. The van der Waals surface area contributed by atoms with Crippen molar-refractivity contribution in [1.29, 1.82) is 0 Å². The van der Waals surface area contributed by atoms with Gasteiger partial charge in [-0.05, 0) is 19.8 Å². The Labute approximate surface area is 124 Å². The molecule has 1 fully saturated rings. The van der Waals surface area contributed by atoms with Crippen LogP contribution in [0.3, 0.4) is 0 Å².